The zero-order chi connectivity index (χ0) is 11.9. The number of carboxylic acid groups (broad SMARTS) is 1. The Morgan fingerprint density at radius 3 is 2.33 bits per heavy atom. The number of unbranched alkanes of at least 4 members (excludes halogenated alkanes) is 1. The first kappa shape index (κ1) is 14.4. The summed E-state index contributed by atoms with van der Waals surface area (Å²) in [5.74, 6) is -1.04. The highest BCUT2D eigenvalue weighted by atomic mass is 16.5. The van der Waals surface area contributed by atoms with E-state index in [-0.39, 0.29) is 11.3 Å². The lowest BCUT2D eigenvalue weighted by Crippen LogP contribution is -2.29. The molecule has 0 saturated heterocycles. The third-order valence-electron chi connectivity index (χ3n) is 2.54. The lowest BCUT2D eigenvalue weighted by Gasteiger charge is -2.26. The van der Waals surface area contributed by atoms with Crippen LogP contribution < -0.4 is 0 Å². The standard InChI is InChI=1S/C12H24O3/c1-5-6-8-15-9-7-10(11(13)14)12(2,3)4/h10H,5-9H2,1-4H3,(H,13,14). The largest absolute Gasteiger partial charge is 0.481 e. The summed E-state index contributed by atoms with van der Waals surface area (Å²) >= 11 is 0. The van der Waals surface area contributed by atoms with Crippen LogP contribution in [-0.2, 0) is 9.53 Å². The summed E-state index contributed by atoms with van der Waals surface area (Å²) in [6.07, 6.45) is 2.76. The van der Waals surface area contributed by atoms with Crippen LogP contribution in [0.4, 0.5) is 0 Å². The summed E-state index contributed by atoms with van der Waals surface area (Å²) in [5.41, 5.74) is -0.194. The maximum Gasteiger partial charge on any atom is 0.307 e. The number of hydrogen-bond donors (Lipinski definition) is 1. The van der Waals surface area contributed by atoms with E-state index in [0.29, 0.717) is 13.0 Å². The van der Waals surface area contributed by atoms with Gasteiger partial charge in [0.1, 0.15) is 0 Å². The van der Waals surface area contributed by atoms with Gasteiger partial charge in [-0.15, -0.1) is 0 Å². The SMILES string of the molecule is CCCCOCCC(C(=O)O)C(C)(C)C. The topological polar surface area (TPSA) is 46.5 Å². The van der Waals surface area contributed by atoms with Gasteiger partial charge in [0, 0.05) is 13.2 Å². The Balaban J connectivity index is 3.84. The van der Waals surface area contributed by atoms with Gasteiger partial charge < -0.3 is 9.84 Å². The summed E-state index contributed by atoms with van der Waals surface area (Å²) in [7, 11) is 0. The Kier molecular flexibility index (Phi) is 6.57. The molecule has 0 aliphatic carbocycles. The minimum absolute atomic E-state index is 0.194. The second-order valence-electron chi connectivity index (χ2n) is 5.01. The second kappa shape index (κ2) is 6.83. The molecule has 90 valence electrons. The van der Waals surface area contributed by atoms with Crippen LogP contribution in [0, 0.1) is 11.3 Å². The summed E-state index contributed by atoms with van der Waals surface area (Å²) in [6, 6.07) is 0. The molecular weight excluding hydrogens is 192 g/mol. The molecule has 3 nitrogen and oxygen atoms in total. The smallest absolute Gasteiger partial charge is 0.307 e. The monoisotopic (exact) mass is 216 g/mol. The predicted molar refractivity (Wildman–Crippen MR) is 60.9 cm³/mol. The lowest BCUT2D eigenvalue weighted by molar-refractivity contribution is -0.146. The molecule has 1 N–H and O–H groups in total. The number of carbonyl (C=O) groups is 1. The Bertz CT molecular complexity index is 182. The molecule has 0 heterocycles. The van der Waals surface area contributed by atoms with Crippen molar-refractivity contribution in [3.05, 3.63) is 0 Å². The van der Waals surface area contributed by atoms with E-state index >= 15 is 0 Å². The van der Waals surface area contributed by atoms with Crippen molar-refractivity contribution in [3.63, 3.8) is 0 Å². The van der Waals surface area contributed by atoms with Gasteiger partial charge in [-0.3, -0.25) is 4.79 Å². The van der Waals surface area contributed by atoms with Gasteiger partial charge in [0.25, 0.3) is 0 Å². The van der Waals surface area contributed by atoms with Gasteiger partial charge in [-0.25, -0.2) is 0 Å². The van der Waals surface area contributed by atoms with E-state index in [4.69, 9.17) is 9.84 Å². The van der Waals surface area contributed by atoms with Crippen LogP contribution in [0.3, 0.4) is 0 Å². The minimum Gasteiger partial charge on any atom is -0.481 e. The van der Waals surface area contributed by atoms with Gasteiger partial charge in [-0.2, -0.15) is 0 Å². The van der Waals surface area contributed by atoms with Crippen LogP contribution in [0.5, 0.6) is 0 Å². The Labute approximate surface area is 92.8 Å². The molecule has 0 spiro atoms. The van der Waals surface area contributed by atoms with Crippen molar-refractivity contribution >= 4 is 5.97 Å². The Morgan fingerprint density at radius 2 is 1.93 bits per heavy atom. The lowest BCUT2D eigenvalue weighted by atomic mass is 9.79. The molecule has 15 heavy (non-hydrogen) atoms. The minimum atomic E-state index is -0.721. The van der Waals surface area contributed by atoms with E-state index in [1.807, 2.05) is 20.8 Å². The molecule has 1 atom stereocenters. The van der Waals surface area contributed by atoms with Crippen molar-refractivity contribution in [2.24, 2.45) is 11.3 Å². The van der Waals surface area contributed by atoms with Gasteiger partial charge in [-0.1, -0.05) is 34.1 Å². The van der Waals surface area contributed by atoms with Crippen LogP contribution in [0.25, 0.3) is 0 Å². The molecule has 0 amide bonds. The Hall–Kier alpha value is -0.570. The van der Waals surface area contributed by atoms with Crippen LogP contribution in [-0.4, -0.2) is 24.3 Å². The van der Waals surface area contributed by atoms with Crippen LogP contribution in [0.1, 0.15) is 47.0 Å². The zero-order valence-corrected chi connectivity index (χ0v) is 10.4. The molecule has 0 radical (unpaired) electrons. The average molecular weight is 216 g/mol. The van der Waals surface area contributed by atoms with Gasteiger partial charge in [0.15, 0.2) is 0 Å². The van der Waals surface area contributed by atoms with Crippen LogP contribution in [0.15, 0.2) is 0 Å². The van der Waals surface area contributed by atoms with Crippen LogP contribution >= 0.6 is 0 Å². The number of hydrogen-bond acceptors (Lipinski definition) is 2. The first-order valence-corrected chi connectivity index (χ1v) is 5.70. The summed E-state index contributed by atoms with van der Waals surface area (Å²) in [4.78, 5) is 11.0. The van der Waals surface area contributed by atoms with Crippen molar-refractivity contribution in [1.29, 1.82) is 0 Å². The second-order valence-corrected chi connectivity index (χ2v) is 5.01. The molecule has 3 heteroatoms. The summed E-state index contributed by atoms with van der Waals surface area (Å²) in [5, 5.41) is 9.06. The molecule has 0 aromatic rings. The highest BCUT2D eigenvalue weighted by Gasteiger charge is 2.30. The molecule has 0 fully saturated rings. The Morgan fingerprint density at radius 1 is 1.33 bits per heavy atom. The fraction of sp³-hybridized carbons (Fsp3) is 0.917. The van der Waals surface area contributed by atoms with Gasteiger partial charge in [-0.05, 0) is 18.3 Å². The normalized spacial score (nSPS) is 13.9. The molecule has 0 rings (SSSR count). The predicted octanol–water partition coefficient (Wildman–Crippen LogP) is 2.94. The van der Waals surface area contributed by atoms with E-state index in [1.165, 1.54) is 0 Å². The number of aliphatic carboxylic acids is 1. The van der Waals surface area contributed by atoms with E-state index in [0.717, 1.165) is 19.4 Å². The third kappa shape index (κ3) is 6.50. The fourth-order valence-electron chi connectivity index (χ4n) is 1.48. The van der Waals surface area contributed by atoms with Crippen molar-refractivity contribution in [2.45, 2.75) is 47.0 Å². The van der Waals surface area contributed by atoms with E-state index < -0.39 is 5.97 Å². The first-order chi connectivity index (χ1) is 6.89. The van der Waals surface area contributed by atoms with Crippen molar-refractivity contribution in [3.8, 4) is 0 Å². The maximum absolute atomic E-state index is 11.0. The van der Waals surface area contributed by atoms with Crippen LogP contribution in [0.2, 0.25) is 0 Å². The molecule has 0 bridgehead atoms. The van der Waals surface area contributed by atoms with Gasteiger partial charge >= 0.3 is 5.97 Å². The van der Waals surface area contributed by atoms with Crippen molar-refractivity contribution in [2.75, 3.05) is 13.2 Å². The number of ether oxygens (including phenoxy) is 1. The van der Waals surface area contributed by atoms with E-state index in [2.05, 4.69) is 6.92 Å². The quantitative estimate of drug-likeness (QED) is 0.665. The summed E-state index contributed by atoms with van der Waals surface area (Å²) < 4.78 is 5.39. The fourth-order valence-corrected chi connectivity index (χ4v) is 1.48. The van der Waals surface area contributed by atoms with Gasteiger partial charge in [0.05, 0.1) is 5.92 Å². The molecule has 0 aromatic heterocycles. The molecule has 0 saturated carbocycles. The number of rotatable bonds is 7. The van der Waals surface area contributed by atoms with E-state index in [1.54, 1.807) is 0 Å². The average Bonchev–Trinajstić information content (AvgIpc) is 2.08. The number of carboxylic acids is 1. The van der Waals surface area contributed by atoms with Gasteiger partial charge in [0.2, 0.25) is 0 Å². The molecular formula is C12H24O3. The maximum atomic E-state index is 11.0. The van der Waals surface area contributed by atoms with Crippen molar-refractivity contribution < 1.29 is 14.6 Å². The highest BCUT2D eigenvalue weighted by Crippen LogP contribution is 2.28. The highest BCUT2D eigenvalue weighted by molar-refractivity contribution is 5.70. The van der Waals surface area contributed by atoms with E-state index in [9.17, 15) is 4.79 Å². The molecule has 0 aliphatic heterocycles. The zero-order valence-electron chi connectivity index (χ0n) is 10.4. The molecule has 1 unspecified atom stereocenters. The summed E-state index contributed by atoms with van der Waals surface area (Å²) in [6.45, 7) is 9.27. The third-order valence-corrected chi connectivity index (χ3v) is 2.54. The molecule has 0 aromatic carbocycles. The molecule has 0 aliphatic rings. The first-order valence-electron chi connectivity index (χ1n) is 5.70. The van der Waals surface area contributed by atoms with Crippen molar-refractivity contribution in [1.82, 2.24) is 0 Å².